The molecule has 0 aliphatic rings. The molecule has 1 rings (SSSR count). The zero-order valence-electron chi connectivity index (χ0n) is 8.36. The van der Waals surface area contributed by atoms with Crippen LogP contribution in [0.5, 0.6) is 0 Å². The topological polar surface area (TPSA) is 36.7 Å². The number of allylic oxidation sites excluding steroid dienone is 4. The molecule has 1 aromatic rings. The van der Waals surface area contributed by atoms with Crippen LogP contribution in [0, 0.1) is 11.3 Å². The first-order chi connectivity index (χ1) is 6.83. The summed E-state index contributed by atoms with van der Waals surface area (Å²) >= 11 is 0. The van der Waals surface area contributed by atoms with Crippen LogP contribution < -0.4 is 0 Å². The highest BCUT2D eigenvalue weighted by Gasteiger charge is 2.04. The van der Waals surface area contributed by atoms with Gasteiger partial charge in [-0.3, -0.25) is 4.98 Å². The number of pyridine rings is 1. The first-order valence-electron chi connectivity index (χ1n) is 4.47. The lowest BCUT2D eigenvalue weighted by atomic mass is 9.99. The Labute approximate surface area is 84.2 Å². The van der Waals surface area contributed by atoms with Crippen molar-refractivity contribution in [2.24, 2.45) is 0 Å². The summed E-state index contributed by atoms with van der Waals surface area (Å²) in [7, 11) is 0. The van der Waals surface area contributed by atoms with Gasteiger partial charge in [0.15, 0.2) is 0 Å². The van der Waals surface area contributed by atoms with E-state index in [-0.39, 0.29) is 0 Å². The summed E-state index contributed by atoms with van der Waals surface area (Å²) in [5.41, 5.74) is 2.67. The normalized spacial score (nSPS) is 12.4. The Balaban J connectivity index is 3.15. The standard InChI is InChI=1S/C12H12N2/c1-3-10(9-13)12(4-2)11-5-7-14-8-6-11/h3-8H,1-2H3. The molecule has 0 unspecified atom stereocenters. The maximum atomic E-state index is 8.91. The van der Waals surface area contributed by atoms with Crippen LogP contribution in [0.2, 0.25) is 0 Å². The van der Waals surface area contributed by atoms with Crippen molar-refractivity contribution in [3.63, 3.8) is 0 Å². The van der Waals surface area contributed by atoms with E-state index in [1.807, 2.05) is 38.1 Å². The highest BCUT2D eigenvalue weighted by atomic mass is 14.6. The lowest BCUT2D eigenvalue weighted by Gasteiger charge is -2.04. The van der Waals surface area contributed by atoms with Gasteiger partial charge in [-0.1, -0.05) is 12.2 Å². The van der Waals surface area contributed by atoms with E-state index < -0.39 is 0 Å². The fourth-order valence-electron chi connectivity index (χ4n) is 1.29. The Bertz CT molecular complexity index is 394. The van der Waals surface area contributed by atoms with Crippen LogP contribution in [0.4, 0.5) is 0 Å². The average Bonchev–Trinajstić information content (AvgIpc) is 2.27. The van der Waals surface area contributed by atoms with Crippen LogP contribution >= 0.6 is 0 Å². The van der Waals surface area contributed by atoms with Crippen molar-refractivity contribution in [2.45, 2.75) is 13.8 Å². The molecule has 0 fully saturated rings. The molecule has 0 N–H and O–H groups in total. The largest absolute Gasteiger partial charge is 0.265 e. The van der Waals surface area contributed by atoms with Crippen molar-refractivity contribution in [3.05, 3.63) is 47.8 Å². The Kier molecular flexibility index (Phi) is 3.63. The third-order valence-corrected chi connectivity index (χ3v) is 1.98. The lowest BCUT2D eigenvalue weighted by Crippen LogP contribution is -1.87. The summed E-state index contributed by atoms with van der Waals surface area (Å²) < 4.78 is 0. The number of rotatable bonds is 2. The number of nitrogens with zero attached hydrogens (tertiary/aromatic N) is 2. The van der Waals surface area contributed by atoms with E-state index in [1.54, 1.807) is 12.4 Å². The van der Waals surface area contributed by atoms with E-state index in [9.17, 15) is 0 Å². The van der Waals surface area contributed by atoms with Gasteiger partial charge in [0.2, 0.25) is 0 Å². The summed E-state index contributed by atoms with van der Waals surface area (Å²) in [6, 6.07) is 5.97. The van der Waals surface area contributed by atoms with Gasteiger partial charge < -0.3 is 0 Å². The molecule has 0 atom stereocenters. The molecule has 2 heteroatoms. The fraction of sp³-hybridized carbons (Fsp3) is 0.167. The molecule has 0 aliphatic heterocycles. The predicted octanol–water partition coefficient (Wildman–Crippen LogP) is 2.95. The van der Waals surface area contributed by atoms with Gasteiger partial charge in [0.1, 0.15) is 0 Å². The minimum atomic E-state index is 0.693. The van der Waals surface area contributed by atoms with Crippen LogP contribution in [-0.4, -0.2) is 4.98 Å². The van der Waals surface area contributed by atoms with Crippen molar-refractivity contribution < 1.29 is 0 Å². The SMILES string of the molecule is CC=C(C#N)C(=CC)c1ccncc1. The molecule has 0 saturated carbocycles. The second-order valence-corrected chi connectivity index (χ2v) is 2.75. The molecule has 70 valence electrons. The summed E-state index contributed by atoms with van der Waals surface area (Å²) in [5.74, 6) is 0. The maximum absolute atomic E-state index is 8.91. The third kappa shape index (κ3) is 2.08. The quantitative estimate of drug-likeness (QED) is 0.523. The second kappa shape index (κ2) is 4.98. The second-order valence-electron chi connectivity index (χ2n) is 2.75. The lowest BCUT2D eigenvalue weighted by molar-refractivity contribution is 1.31. The molecular weight excluding hydrogens is 172 g/mol. The molecule has 0 bridgehead atoms. The number of hydrogen-bond acceptors (Lipinski definition) is 2. The number of hydrogen-bond donors (Lipinski definition) is 0. The highest BCUT2D eigenvalue weighted by Crippen LogP contribution is 2.21. The molecule has 0 saturated heterocycles. The molecule has 14 heavy (non-hydrogen) atoms. The Hall–Kier alpha value is -1.88. The number of nitriles is 1. The van der Waals surface area contributed by atoms with Crippen molar-refractivity contribution in [1.29, 1.82) is 5.26 Å². The molecule has 2 nitrogen and oxygen atoms in total. The maximum Gasteiger partial charge on any atom is 0.0994 e. The van der Waals surface area contributed by atoms with Crippen LogP contribution in [0.25, 0.3) is 5.57 Å². The van der Waals surface area contributed by atoms with E-state index >= 15 is 0 Å². The molecule has 0 aliphatic carbocycles. The van der Waals surface area contributed by atoms with Crippen molar-refractivity contribution in [3.8, 4) is 6.07 Å². The van der Waals surface area contributed by atoms with Gasteiger partial charge in [-0.15, -0.1) is 0 Å². The molecule has 1 aromatic heterocycles. The van der Waals surface area contributed by atoms with Crippen molar-refractivity contribution in [2.75, 3.05) is 0 Å². The third-order valence-electron chi connectivity index (χ3n) is 1.98. The van der Waals surface area contributed by atoms with Gasteiger partial charge in [-0.2, -0.15) is 5.26 Å². The van der Waals surface area contributed by atoms with Crippen molar-refractivity contribution in [1.82, 2.24) is 4.98 Å². The molecule has 0 amide bonds. The zero-order valence-corrected chi connectivity index (χ0v) is 8.36. The summed E-state index contributed by atoms with van der Waals surface area (Å²) in [5, 5.41) is 8.91. The van der Waals surface area contributed by atoms with Gasteiger partial charge in [0.05, 0.1) is 11.6 Å². The Morgan fingerprint density at radius 1 is 1.29 bits per heavy atom. The van der Waals surface area contributed by atoms with E-state index in [2.05, 4.69) is 11.1 Å². The molecule has 1 heterocycles. The highest BCUT2D eigenvalue weighted by molar-refractivity contribution is 5.82. The smallest absolute Gasteiger partial charge is 0.0994 e. The number of aromatic nitrogens is 1. The van der Waals surface area contributed by atoms with E-state index in [0.717, 1.165) is 11.1 Å². The zero-order chi connectivity index (χ0) is 10.4. The molecule has 0 spiro atoms. The summed E-state index contributed by atoms with van der Waals surface area (Å²) in [6.07, 6.45) is 7.20. The van der Waals surface area contributed by atoms with Gasteiger partial charge >= 0.3 is 0 Å². The minimum absolute atomic E-state index is 0.693. The van der Waals surface area contributed by atoms with Crippen LogP contribution in [-0.2, 0) is 0 Å². The molecule has 0 radical (unpaired) electrons. The fourth-order valence-corrected chi connectivity index (χ4v) is 1.29. The van der Waals surface area contributed by atoms with E-state index in [1.165, 1.54) is 0 Å². The van der Waals surface area contributed by atoms with E-state index in [0.29, 0.717) is 5.57 Å². The Morgan fingerprint density at radius 3 is 2.36 bits per heavy atom. The first kappa shape index (κ1) is 10.2. The average molecular weight is 184 g/mol. The van der Waals surface area contributed by atoms with Crippen molar-refractivity contribution >= 4 is 5.57 Å². The molecular formula is C12H12N2. The van der Waals surface area contributed by atoms with Crippen LogP contribution in [0.3, 0.4) is 0 Å². The van der Waals surface area contributed by atoms with Gasteiger partial charge in [-0.05, 0) is 37.1 Å². The first-order valence-corrected chi connectivity index (χ1v) is 4.47. The van der Waals surface area contributed by atoms with E-state index in [4.69, 9.17) is 5.26 Å². The predicted molar refractivity (Wildman–Crippen MR) is 57.3 cm³/mol. The van der Waals surface area contributed by atoms with Crippen LogP contribution in [0.15, 0.2) is 42.3 Å². The van der Waals surface area contributed by atoms with Gasteiger partial charge in [0, 0.05) is 12.4 Å². The van der Waals surface area contributed by atoms with Crippen LogP contribution in [0.1, 0.15) is 19.4 Å². The molecule has 0 aromatic carbocycles. The monoisotopic (exact) mass is 184 g/mol. The van der Waals surface area contributed by atoms with Gasteiger partial charge in [-0.25, -0.2) is 0 Å². The summed E-state index contributed by atoms with van der Waals surface area (Å²) in [4.78, 5) is 3.94. The Morgan fingerprint density at radius 2 is 1.93 bits per heavy atom. The van der Waals surface area contributed by atoms with Gasteiger partial charge in [0.25, 0.3) is 0 Å². The summed E-state index contributed by atoms with van der Waals surface area (Å²) in [6.45, 7) is 3.79. The minimum Gasteiger partial charge on any atom is -0.265 e.